The summed E-state index contributed by atoms with van der Waals surface area (Å²) < 4.78 is 63.0. The molecule has 1 saturated heterocycles. The molecule has 1 fully saturated rings. The van der Waals surface area contributed by atoms with E-state index in [1.165, 1.54) is 16.4 Å². The van der Waals surface area contributed by atoms with Crippen LogP contribution in [0.2, 0.25) is 0 Å². The van der Waals surface area contributed by atoms with Gasteiger partial charge in [0.25, 0.3) is 0 Å². The van der Waals surface area contributed by atoms with Crippen molar-refractivity contribution in [1.29, 1.82) is 0 Å². The van der Waals surface area contributed by atoms with Crippen molar-refractivity contribution in [2.75, 3.05) is 36.8 Å². The van der Waals surface area contributed by atoms with Crippen molar-refractivity contribution in [3.8, 4) is 0 Å². The van der Waals surface area contributed by atoms with E-state index in [1.54, 1.807) is 0 Å². The fourth-order valence-corrected chi connectivity index (χ4v) is 3.97. The average molecular weight is 336 g/mol. The van der Waals surface area contributed by atoms with Gasteiger partial charge in [0.1, 0.15) is 0 Å². The topological polar surface area (TPSA) is 40.6 Å². The van der Waals surface area contributed by atoms with Gasteiger partial charge in [-0.15, -0.1) is 0 Å². The standard InChI is InChI=1S/C14H19F3N2O2S/c1-2-11-22(20,21)19-9-7-18(8-10-19)13-5-3-12(4-6-13)14(15,16)17/h3-6H,2,7-11H2,1H3. The highest BCUT2D eigenvalue weighted by atomic mass is 32.2. The van der Waals surface area contributed by atoms with Crippen LogP contribution in [-0.4, -0.2) is 44.7 Å². The van der Waals surface area contributed by atoms with Gasteiger partial charge in [-0.3, -0.25) is 0 Å². The first-order valence-corrected chi connectivity index (χ1v) is 8.75. The van der Waals surface area contributed by atoms with Crippen molar-refractivity contribution in [2.24, 2.45) is 0 Å². The molecule has 0 radical (unpaired) electrons. The molecule has 0 N–H and O–H groups in total. The van der Waals surface area contributed by atoms with Gasteiger partial charge >= 0.3 is 6.18 Å². The summed E-state index contributed by atoms with van der Waals surface area (Å²) in [6.45, 7) is 3.51. The second-order valence-electron chi connectivity index (χ2n) is 5.25. The fraction of sp³-hybridized carbons (Fsp3) is 0.571. The van der Waals surface area contributed by atoms with Gasteiger partial charge in [-0.2, -0.15) is 17.5 Å². The number of hydrogen-bond donors (Lipinski definition) is 0. The molecular weight excluding hydrogens is 317 g/mol. The van der Waals surface area contributed by atoms with Gasteiger partial charge in [-0.25, -0.2) is 8.42 Å². The highest BCUT2D eigenvalue weighted by molar-refractivity contribution is 7.89. The Labute approximate surface area is 128 Å². The number of alkyl halides is 3. The molecule has 1 aliphatic heterocycles. The number of benzene rings is 1. The van der Waals surface area contributed by atoms with Crippen molar-refractivity contribution in [3.05, 3.63) is 29.8 Å². The van der Waals surface area contributed by atoms with Crippen LogP contribution >= 0.6 is 0 Å². The van der Waals surface area contributed by atoms with Crippen molar-refractivity contribution >= 4 is 15.7 Å². The Bertz CT molecular complexity index is 592. The highest BCUT2D eigenvalue weighted by Crippen LogP contribution is 2.30. The Balaban J connectivity index is 2.00. The summed E-state index contributed by atoms with van der Waals surface area (Å²) in [5.74, 6) is 0.132. The van der Waals surface area contributed by atoms with E-state index in [9.17, 15) is 21.6 Å². The second-order valence-corrected chi connectivity index (χ2v) is 7.34. The lowest BCUT2D eigenvalue weighted by atomic mass is 10.2. The Hall–Kier alpha value is -1.28. The summed E-state index contributed by atoms with van der Waals surface area (Å²) >= 11 is 0. The molecule has 1 aliphatic rings. The van der Waals surface area contributed by atoms with Gasteiger partial charge in [0.05, 0.1) is 11.3 Å². The summed E-state index contributed by atoms with van der Waals surface area (Å²) in [6, 6.07) is 4.96. The van der Waals surface area contributed by atoms with E-state index < -0.39 is 21.8 Å². The number of anilines is 1. The van der Waals surface area contributed by atoms with E-state index in [0.717, 1.165) is 12.1 Å². The second kappa shape index (κ2) is 6.45. The maximum atomic E-state index is 12.5. The van der Waals surface area contributed by atoms with Gasteiger partial charge in [0.2, 0.25) is 10.0 Å². The molecule has 0 bridgehead atoms. The molecule has 0 atom stereocenters. The lowest BCUT2D eigenvalue weighted by molar-refractivity contribution is -0.137. The van der Waals surface area contributed by atoms with Crippen molar-refractivity contribution < 1.29 is 21.6 Å². The minimum atomic E-state index is -4.34. The van der Waals surface area contributed by atoms with E-state index in [4.69, 9.17) is 0 Å². The fourth-order valence-electron chi connectivity index (χ4n) is 2.47. The molecule has 124 valence electrons. The van der Waals surface area contributed by atoms with Crippen LogP contribution in [0.4, 0.5) is 18.9 Å². The van der Waals surface area contributed by atoms with Gasteiger partial charge in [0.15, 0.2) is 0 Å². The molecular formula is C14H19F3N2O2S. The number of piperazine rings is 1. The lowest BCUT2D eigenvalue weighted by Gasteiger charge is -2.35. The maximum absolute atomic E-state index is 12.5. The SMILES string of the molecule is CCCS(=O)(=O)N1CCN(c2ccc(C(F)(F)F)cc2)CC1. The number of sulfonamides is 1. The third kappa shape index (κ3) is 3.92. The zero-order valence-corrected chi connectivity index (χ0v) is 13.1. The molecule has 0 aliphatic carbocycles. The monoisotopic (exact) mass is 336 g/mol. The normalized spacial score (nSPS) is 17.7. The molecule has 0 amide bonds. The van der Waals surface area contributed by atoms with Crippen molar-refractivity contribution in [3.63, 3.8) is 0 Å². The van der Waals surface area contributed by atoms with Crippen molar-refractivity contribution in [2.45, 2.75) is 19.5 Å². The first-order chi connectivity index (χ1) is 10.2. The Morgan fingerprint density at radius 3 is 2.05 bits per heavy atom. The molecule has 1 heterocycles. The largest absolute Gasteiger partial charge is 0.416 e. The molecule has 1 aromatic carbocycles. The number of hydrogen-bond acceptors (Lipinski definition) is 3. The molecule has 0 unspecified atom stereocenters. The predicted molar refractivity (Wildman–Crippen MR) is 79.3 cm³/mol. The Kier molecular flexibility index (Phi) is 5.01. The number of rotatable bonds is 4. The third-order valence-corrected chi connectivity index (χ3v) is 5.73. The molecule has 0 aromatic heterocycles. The zero-order chi connectivity index (χ0) is 16.4. The van der Waals surface area contributed by atoms with E-state index in [-0.39, 0.29) is 5.75 Å². The first kappa shape index (κ1) is 17.1. The maximum Gasteiger partial charge on any atom is 0.416 e. The van der Waals surface area contributed by atoms with Crippen molar-refractivity contribution in [1.82, 2.24) is 4.31 Å². The summed E-state index contributed by atoms with van der Waals surface area (Å²) in [5.41, 5.74) is 0.000879. The molecule has 0 saturated carbocycles. The van der Waals surface area contributed by atoms with E-state index in [2.05, 4.69) is 0 Å². The van der Waals surface area contributed by atoms with Gasteiger partial charge in [0, 0.05) is 31.9 Å². The van der Waals surface area contributed by atoms with Crippen LogP contribution < -0.4 is 4.90 Å². The minimum absolute atomic E-state index is 0.132. The van der Waals surface area contributed by atoms with E-state index >= 15 is 0 Å². The number of halogens is 3. The van der Waals surface area contributed by atoms with E-state index in [1.807, 2.05) is 11.8 Å². The minimum Gasteiger partial charge on any atom is -0.369 e. The van der Waals surface area contributed by atoms with Gasteiger partial charge in [-0.1, -0.05) is 6.92 Å². The van der Waals surface area contributed by atoms with Crippen LogP contribution in [0.25, 0.3) is 0 Å². The predicted octanol–water partition coefficient (Wildman–Crippen LogP) is 2.57. The molecule has 0 spiro atoms. The summed E-state index contributed by atoms with van der Waals surface area (Å²) in [5, 5.41) is 0. The molecule has 22 heavy (non-hydrogen) atoms. The van der Waals surface area contributed by atoms with Gasteiger partial charge in [-0.05, 0) is 30.7 Å². The molecule has 1 aromatic rings. The van der Waals surface area contributed by atoms with Crippen LogP contribution in [0.5, 0.6) is 0 Å². The highest BCUT2D eigenvalue weighted by Gasteiger charge is 2.31. The summed E-state index contributed by atoms with van der Waals surface area (Å²) in [6.07, 6.45) is -3.77. The molecule has 8 heteroatoms. The van der Waals surface area contributed by atoms with Crippen LogP contribution in [0.1, 0.15) is 18.9 Å². The molecule has 4 nitrogen and oxygen atoms in total. The van der Waals surface area contributed by atoms with Crippen LogP contribution in [0.3, 0.4) is 0 Å². The summed E-state index contributed by atoms with van der Waals surface area (Å²) in [4.78, 5) is 1.90. The number of nitrogens with zero attached hydrogens (tertiary/aromatic N) is 2. The summed E-state index contributed by atoms with van der Waals surface area (Å²) in [7, 11) is -3.21. The van der Waals surface area contributed by atoms with Crippen LogP contribution in [-0.2, 0) is 16.2 Å². The Morgan fingerprint density at radius 1 is 1.05 bits per heavy atom. The smallest absolute Gasteiger partial charge is 0.369 e. The van der Waals surface area contributed by atoms with Crippen LogP contribution in [0.15, 0.2) is 24.3 Å². The average Bonchev–Trinajstić information content (AvgIpc) is 2.47. The molecule has 2 rings (SSSR count). The first-order valence-electron chi connectivity index (χ1n) is 7.14. The third-order valence-electron chi connectivity index (χ3n) is 3.65. The van der Waals surface area contributed by atoms with Gasteiger partial charge < -0.3 is 4.90 Å². The van der Waals surface area contributed by atoms with Crippen LogP contribution in [0, 0.1) is 0 Å². The lowest BCUT2D eigenvalue weighted by Crippen LogP contribution is -2.49. The Morgan fingerprint density at radius 2 is 1.59 bits per heavy atom. The van der Waals surface area contributed by atoms with E-state index in [0.29, 0.717) is 38.3 Å². The quantitative estimate of drug-likeness (QED) is 0.848. The zero-order valence-electron chi connectivity index (χ0n) is 12.3.